The van der Waals surface area contributed by atoms with Crippen LogP contribution in [0.5, 0.6) is 0 Å². The number of benzene rings is 2. The van der Waals surface area contributed by atoms with Crippen LogP contribution in [0.15, 0.2) is 42.5 Å². The third-order valence-electron chi connectivity index (χ3n) is 4.02. The Kier molecular flexibility index (Phi) is 5.14. The summed E-state index contributed by atoms with van der Waals surface area (Å²) in [6, 6.07) is 13.8. The second-order valence-electron chi connectivity index (χ2n) is 6.40. The van der Waals surface area contributed by atoms with E-state index in [-0.39, 0.29) is 18.2 Å². The van der Waals surface area contributed by atoms with E-state index in [1.54, 1.807) is 11.8 Å². The fraction of sp³-hybridized carbons (Fsp3) is 0.250. The molecule has 0 atom stereocenters. The van der Waals surface area contributed by atoms with Gasteiger partial charge in [-0.1, -0.05) is 29.0 Å². The summed E-state index contributed by atoms with van der Waals surface area (Å²) in [4.78, 5) is 12.7. The SMILES string of the molecule is COCc1c(C(=O)Nc2cc(C)cc(C)c2)nnn1-c1ccc(C)cc1. The number of aryl methyl sites for hydroxylation is 3. The van der Waals surface area contributed by atoms with Crippen LogP contribution >= 0.6 is 0 Å². The Morgan fingerprint density at radius 1 is 1.04 bits per heavy atom. The molecule has 1 amide bonds. The van der Waals surface area contributed by atoms with E-state index in [2.05, 4.69) is 21.7 Å². The average molecular weight is 350 g/mol. The number of amides is 1. The van der Waals surface area contributed by atoms with Gasteiger partial charge >= 0.3 is 0 Å². The highest BCUT2D eigenvalue weighted by atomic mass is 16.5. The van der Waals surface area contributed by atoms with Crippen LogP contribution in [-0.4, -0.2) is 28.0 Å². The van der Waals surface area contributed by atoms with Gasteiger partial charge in [0.1, 0.15) is 5.69 Å². The molecule has 0 aliphatic carbocycles. The van der Waals surface area contributed by atoms with Crippen molar-refractivity contribution in [3.8, 4) is 5.69 Å². The average Bonchev–Trinajstić information content (AvgIpc) is 2.99. The van der Waals surface area contributed by atoms with Gasteiger partial charge in [-0.25, -0.2) is 4.68 Å². The number of methoxy groups -OCH3 is 1. The molecule has 1 heterocycles. The van der Waals surface area contributed by atoms with Gasteiger partial charge in [0.2, 0.25) is 0 Å². The Balaban J connectivity index is 1.94. The third-order valence-corrected chi connectivity index (χ3v) is 4.02. The Morgan fingerprint density at radius 3 is 2.31 bits per heavy atom. The molecule has 0 saturated carbocycles. The summed E-state index contributed by atoms with van der Waals surface area (Å²) >= 11 is 0. The van der Waals surface area contributed by atoms with Crippen molar-refractivity contribution in [1.29, 1.82) is 0 Å². The van der Waals surface area contributed by atoms with Gasteiger partial charge in [0, 0.05) is 12.8 Å². The van der Waals surface area contributed by atoms with Crippen molar-refractivity contribution in [3.63, 3.8) is 0 Å². The van der Waals surface area contributed by atoms with Crippen molar-refractivity contribution in [2.75, 3.05) is 12.4 Å². The number of nitrogens with one attached hydrogen (secondary N) is 1. The highest BCUT2D eigenvalue weighted by Gasteiger charge is 2.21. The summed E-state index contributed by atoms with van der Waals surface area (Å²) < 4.78 is 6.91. The van der Waals surface area contributed by atoms with Crippen LogP contribution in [0.1, 0.15) is 32.9 Å². The molecule has 0 unspecified atom stereocenters. The minimum absolute atomic E-state index is 0.233. The molecule has 3 aromatic rings. The Hall–Kier alpha value is -2.99. The van der Waals surface area contributed by atoms with Crippen LogP contribution in [-0.2, 0) is 11.3 Å². The lowest BCUT2D eigenvalue weighted by atomic mass is 10.1. The highest BCUT2D eigenvalue weighted by molar-refractivity contribution is 6.03. The molecular weight excluding hydrogens is 328 g/mol. The van der Waals surface area contributed by atoms with E-state index in [0.717, 1.165) is 28.1 Å². The lowest BCUT2D eigenvalue weighted by Gasteiger charge is -2.09. The van der Waals surface area contributed by atoms with Crippen molar-refractivity contribution in [3.05, 3.63) is 70.5 Å². The maximum Gasteiger partial charge on any atom is 0.278 e. The zero-order chi connectivity index (χ0) is 18.7. The van der Waals surface area contributed by atoms with E-state index in [9.17, 15) is 4.79 Å². The van der Waals surface area contributed by atoms with Gasteiger partial charge in [0.25, 0.3) is 5.91 Å². The van der Waals surface area contributed by atoms with Crippen molar-refractivity contribution >= 4 is 11.6 Å². The second-order valence-corrected chi connectivity index (χ2v) is 6.40. The first kappa shape index (κ1) is 17.8. The number of carbonyl (C=O) groups is 1. The van der Waals surface area contributed by atoms with E-state index in [4.69, 9.17) is 4.74 Å². The van der Waals surface area contributed by atoms with E-state index >= 15 is 0 Å². The molecule has 134 valence electrons. The quantitative estimate of drug-likeness (QED) is 0.763. The Bertz CT molecular complexity index is 909. The van der Waals surface area contributed by atoms with Gasteiger partial charge in [-0.2, -0.15) is 0 Å². The zero-order valence-corrected chi connectivity index (χ0v) is 15.4. The van der Waals surface area contributed by atoms with E-state index in [1.807, 2.05) is 57.2 Å². The zero-order valence-electron chi connectivity index (χ0n) is 15.4. The number of carbonyl (C=O) groups excluding carboxylic acids is 1. The molecule has 6 heteroatoms. The van der Waals surface area contributed by atoms with Gasteiger partial charge in [0.05, 0.1) is 12.3 Å². The van der Waals surface area contributed by atoms with Gasteiger partial charge < -0.3 is 10.1 Å². The van der Waals surface area contributed by atoms with E-state index in [0.29, 0.717) is 5.69 Å². The van der Waals surface area contributed by atoms with E-state index in [1.165, 1.54) is 0 Å². The lowest BCUT2D eigenvalue weighted by molar-refractivity contribution is 0.101. The summed E-state index contributed by atoms with van der Waals surface area (Å²) in [6.45, 7) is 6.24. The van der Waals surface area contributed by atoms with Gasteiger partial charge in [-0.15, -0.1) is 5.10 Å². The summed E-state index contributed by atoms with van der Waals surface area (Å²) in [5.41, 5.74) is 5.75. The van der Waals surface area contributed by atoms with Crippen molar-refractivity contribution in [2.24, 2.45) is 0 Å². The number of aromatic nitrogens is 3. The first-order valence-corrected chi connectivity index (χ1v) is 8.38. The molecule has 0 bridgehead atoms. The predicted molar refractivity (Wildman–Crippen MR) is 101 cm³/mol. The number of hydrogen-bond donors (Lipinski definition) is 1. The van der Waals surface area contributed by atoms with Crippen LogP contribution in [0, 0.1) is 20.8 Å². The molecule has 0 radical (unpaired) electrons. The summed E-state index contributed by atoms with van der Waals surface area (Å²) in [6.07, 6.45) is 0. The van der Waals surface area contributed by atoms with Gasteiger partial charge in [0.15, 0.2) is 5.69 Å². The van der Waals surface area contributed by atoms with Gasteiger partial charge in [-0.05, 0) is 56.2 Å². The fourth-order valence-electron chi connectivity index (χ4n) is 2.87. The van der Waals surface area contributed by atoms with Crippen LogP contribution < -0.4 is 5.32 Å². The number of nitrogens with zero attached hydrogens (tertiary/aromatic N) is 3. The van der Waals surface area contributed by atoms with Crippen molar-refractivity contribution in [2.45, 2.75) is 27.4 Å². The molecule has 0 aliphatic heterocycles. The van der Waals surface area contributed by atoms with Crippen molar-refractivity contribution in [1.82, 2.24) is 15.0 Å². The normalized spacial score (nSPS) is 10.8. The molecule has 0 aliphatic rings. The fourth-order valence-corrected chi connectivity index (χ4v) is 2.87. The third kappa shape index (κ3) is 3.81. The molecule has 2 aromatic carbocycles. The maximum atomic E-state index is 12.7. The summed E-state index contributed by atoms with van der Waals surface area (Å²) in [7, 11) is 1.58. The number of ether oxygens (including phenoxy) is 1. The Labute approximate surface area is 152 Å². The smallest absolute Gasteiger partial charge is 0.278 e. The highest BCUT2D eigenvalue weighted by Crippen LogP contribution is 2.18. The number of rotatable bonds is 5. The molecule has 3 rings (SSSR count). The topological polar surface area (TPSA) is 69.0 Å². The molecule has 0 spiro atoms. The van der Waals surface area contributed by atoms with Crippen LogP contribution in [0.2, 0.25) is 0 Å². The van der Waals surface area contributed by atoms with Crippen LogP contribution in [0.3, 0.4) is 0 Å². The lowest BCUT2D eigenvalue weighted by Crippen LogP contribution is -2.16. The molecule has 0 saturated heterocycles. The van der Waals surface area contributed by atoms with E-state index < -0.39 is 0 Å². The first-order valence-electron chi connectivity index (χ1n) is 8.38. The first-order chi connectivity index (χ1) is 12.5. The van der Waals surface area contributed by atoms with Crippen LogP contribution in [0.25, 0.3) is 5.69 Å². The minimum atomic E-state index is -0.305. The van der Waals surface area contributed by atoms with Crippen molar-refractivity contribution < 1.29 is 9.53 Å². The molecule has 6 nitrogen and oxygen atoms in total. The summed E-state index contributed by atoms with van der Waals surface area (Å²) in [5, 5.41) is 11.2. The number of anilines is 1. The summed E-state index contributed by atoms with van der Waals surface area (Å²) in [5.74, 6) is -0.305. The molecular formula is C20H22N4O2. The Morgan fingerprint density at radius 2 is 1.69 bits per heavy atom. The second kappa shape index (κ2) is 7.49. The standard InChI is InChI=1S/C20H22N4O2/c1-13-5-7-17(8-6-13)24-18(12-26-4)19(22-23-24)20(25)21-16-10-14(2)9-15(3)11-16/h5-11H,12H2,1-4H3,(H,21,25). The molecule has 0 fully saturated rings. The van der Waals surface area contributed by atoms with Gasteiger partial charge in [-0.3, -0.25) is 4.79 Å². The maximum absolute atomic E-state index is 12.7. The monoisotopic (exact) mass is 350 g/mol. The minimum Gasteiger partial charge on any atom is -0.378 e. The van der Waals surface area contributed by atoms with Crippen LogP contribution in [0.4, 0.5) is 5.69 Å². The number of hydrogen-bond acceptors (Lipinski definition) is 4. The molecule has 1 aromatic heterocycles. The molecule has 1 N–H and O–H groups in total. The largest absolute Gasteiger partial charge is 0.378 e. The predicted octanol–water partition coefficient (Wildman–Crippen LogP) is 3.59. The molecule has 26 heavy (non-hydrogen) atoms.